The molecule has 24 heavy (non-hydrogen) atoms. The number of carbonyl (C=O) groups is 1. The van der Waals surface area contributed by atoms with E-state index in [1.165, 1.54) is 24.3 Å². The molecule has 1 aliphatic rings. The second kappa shape index (κ2) is 7.40. The fraction of sp³-hybridized carbons (Fsp3) is 0.278. The second-order valence-electron chi connectivity index (χ2n) is 5.78. The summed E-state index contributed by atoms with van der Waals surface area (Å²) < 4.78 is 27.3. The van der Waals surface area contributed by atoms with Crippen LogP contribution in [0.5, 0.6) is 0 Å². The van der Waals surface area contributed by atoms with E-state index in [1.54, 1.807) is 17.0 Å². The lowest BCUT2D eigenvalue weighted by atomic mass is 10.1. The zero-order chi connectivity index (χ0) is 17.1. The fourth-order valence-corrected chi connectivity index (χ4v) is 3.33. The maximum Gasteiger partial charge on any atom is 0.255 e. The van der Waals surface area contributed by atoms with Gasteiger partial charge in [0.05, 0.1) is 5.56 Å². The topological polar surface area (TPSA) is 23.6 Å². The molecule has 0 unspecified atom stereocenters. The Labute approximate surface area is 148 Å². The summed E-state index contributed by atoms with van der Waals surface area (Å²) in [7, 11) is 0. The summed E-state index contributed by atoms with van der Waals surface area (Å²) in [5.74, 6) is -0.702. The summed E-state index contributed by atoms with van der Waals surface area (Å²) in [4.78, 5) is 16.4. The first-order valence-corrected chi connectivity index (χ1v) is 8.54. The van der Waals surface area contributed by atoms with Crippen molar-refractivity contribution in [3.63, 3.8) is 0 Å². The first-order valence-electron chi connectivity index (χ1n) is 7.74. The van der Waals surface area contributed by atoms with Crippen LogP contribution in [0.15, 0.2) is 46.9 Å². The molecule has 126 valence electrons. The Hall–Kier alpha value is -1.79. The maximum atomic E-state index is 13.7. The smallest absolute Gasteiger partial charge is 0.255 e. The molecule has 1 fully saturated rings. The largest absolute Gasteiger partial charge is 0.336 e. The minimum absolute atomic E-state index is 0.118. The van der Waals surface area contributed by atoms with Crippen LogP contribution in [0.2, 0.25) is 0 Å². The lowest BCUT2D eigenvalue weighted by molar-refractivity contribution is 0.0626. The molecule has 0 aromatic heterocycles. The highest BCUT2D eigenvalue weighted by molar-refractivity contribution is 9.10. The molecule has 2 aromatic carbocycles. The Bertz CT molecular complexity index is 746. The Kier molecular flexibility index (Phi) is 5.26. The van der Waals surface area contributed by atoms with Gasteiger partial charge in [-0.1, -0.05) is 18.2 Å². The van der Waals surface area contributed by atoms with Crippen LogP contribution in [0.1, 0.15) is 15.9 Å². The number of hydrogen-bond acceptors (Lipinski definition) is 2. The number of piperazine rings is 1. The van der Waals surface area contributed by atoms with Crippen molar-refractivity contribution in [2.75, 3.05) is 26.2 Å². The Morgan fingerprint density at radius 1 is 1.04 bits per heavy atom. The van der Waals surface area contributed by atoms with Crippen molar-refractivity contribution in [2.45, 2.75) is 6.54 Å². The molecule has 1 aliphatic heterocycles. The molecular weight excluding hydrogens is 378 g/mol. The van der Waals surface area contributed by atoms with E-state index < -0.39 is 0 Å². The lowest BCUT2D eigenvalue weighted by Gasteiger charge is -2.35. The van der Waals surface area contributed by atoms with E-state index in [0.717, 1.165) is 0 Å². The van der Waals surface area contributed by atoms with E-state index in [9.17, 15) is 13.6 Å². The van der Waals surface area contributed by atoms with Gasteiger partial charge >= 0.3 is 0 Å². The Morgan fingerprint density at radius 3 is 2.42 bits per heavy atom. The minimum atomic E-state index is -0.381. The van der Waals surface area contributed by atoms with Gasteiger partial charge in [-0.2, -0.15) is 0 Å². The summed E-state index contributed by atoms with van der Waals surface area (Å²) >= 11 is 3.24. The van der Waals surface area contributed by atoms with E-state index in [4.69, 9.17) is 0 Å². The van der Waals surface area contributed by atoms with E-state index in [0.29, 0.717) is 48.3 Å². The van der Waals surface area contributed by atoms with Crippen LogP contribution in [0.4, 0.5) is 8.78 Å². The van der Waals surface area contributed by atoms with Gasteiger partial charge in [-0.25, -0.2) is 8.78 Å². The average Bonchev–Trinajstić information content (AvgIpc) is 2.57. The highest BCUT2D eigenvalue weighted by Gasteiger charge is 2.24. The van der Waals surface area contributed by atoms with Crippen LogP contribution in [0.25, 0.3) is 0 Å². The molecule has 3 rings (SSSR count). The Morgan fingerprint density at radius 2 is 1.75 bits per heavy atom. The summed E-state index contributed by atoms with van der Waals surface area (Å²) in [5.41, 5.74) is 1.12. The minimum Gasteiger partial charge on any atom is -0.336 e. The number of carbonyl (C=O) groups excluding carboxylic acids is 1. The van der Waals surface area contributed by atoms with Crippen molar-refractivity contribution in [3.05, 3.63) is 69.7 Å². The average molecular weight is 395 g/mol. The van der Waals surface area contributed by atoms with Gasteiger partial charge in [0.25, 0.3) is 5.91 Å². The predicted molar refractivity (Wildman–Crippen MR) is 91.7 cm³/mol. The van der Waals surface area contributed by atoms with Crippen LogP contribution in [-0.4, -0.2) is 41.9 Å². The van der Waals surface area contributed by atoms with Crippen molar-refractivity contribution in [1.82, 2.24) is 9.80 Å². The molecule has 0 bridgehead atoms. The van der Waals surface area contributed by atoms with Gasteiger partial charge in [-0.3, -0.25) is 9.69 Å². The number of nitrogens with zero attached hydrogens (tertiary/aromatic N) is 2. The normalized spacial score (nSPS) is 15.5. The van der Waals surface area contributed by atoms with E-state index in [-0.39, 0.29) is 17.5 Å². The predicted octanol–water partition coefficient (Wildman–Crippen LogP) is 3.69. The highest BCUT2D eigenvalue weighted by Crippen LogP contribution is 2.21. The van der Waals surface area contributed by atoms with Gasteiger partial charge in [-0.05, 0) is 40.2 Å². The van der Waals surface area contributed by atoms with Crippen molar-refractivity contribution in [1.29, 1.82) is 0 Å². The first-order chi connectivity index (χ1) is 11.5. The molecule has 0 saturated carbocycles. The quantitative estimate of drug-likeness (QED) is 0.792. The summed E-state index contributed by atoms with van der Waals surface area (Å²) in [5, 5.41) is 0. The second-order valence-corrected chi connectivity index (χ2v) is 6.64. The SMILES string of the molecule is O=C(c1ccc(F)cc1Br)N1CCN(Cc2ccccc2F)CC1. The first kappa shape index (κ1) is 17.0. The molecule has 1 heterocycles. The molecule has 3 nitrogen and oxygen atoms in total. The zero-order valence-corrected chi connectivity index (χ0v) is 14.6. The van der Waals surface area contributed by atoms with Crippen LogP contribution < -0.4 is 0 Å². The standard InChI is InChI=1S/C18H17BrF2N2O/c19-16-11-14(20)5-6-15(16)18(24)23-9-7-22(8-10-23)12-13-3-1-2-4-17(13)21/h1-6,11H,7-10,12H2. The fourth-order valence-electron chi connectivity index (χ4n) is 2.81. The molecule has 0 spiro atoms. The van der Waals surface area contributed by atoms with E-state index >= 15 is 0 Å². The van der Waals surface area contributed by atoms with Crippen LogP contribution in [0.3, 0.4) is 0 Å². The number of rotatable bonds is 3. The van der Waals surface area contributed by atoms with E-state index in [1.807, 2.05) is 6.07 Å². The third kappa shape index (κ3) is 3.82. The monoisotopic (exact) mass is 394 g/mol. The molecule has 1 saturated heterocycles. The van der Waals surface area contributed by atoms with Crippen LogP contribution in [0, 0.1) is 11.6 Å². The molecule has 0 N–H and O–H groups in total. The number of halogens is 3. The summed E-state index contributed by atoms with van der Waals surface area (Å²) in [6, 6.07) is 10.8. The van der Waals surface area contributed by atoms with Gasteiger partial charge in [0.15, 0.2) is 0 Å². The zero-order valence-electron chi connectivity index (χ0n) is 13.0. The third-order valence-corrected chi connectivity index (χ3v) is 4.83. The van der Waals surface area contributed by atoms with E-state index in [2.05, 4.69) is 20.8 Å². The van der Waals surface area contributed by atoms with Gasteiger partial charge in [-0.15, -0.1) is 0 Å². The van der Waals surface area contributed by atoms with Gasteiger partial charge < -0.3 is 4.90 Å². The molecular formula is C18H17BrF2N2O. The molecule has 6 heteroatoms. The van der Waals surface area contributed by atoms with Crippen LogP contribution >= 0.6 is 15.9 Å². The van der Waals surface area contributed by atoms with Crippen molar-refractivity contribution >= 4 is 21.8 Å². The summed E-state index contributed by atoms with van der Waals surface area (Å²) in [6.45, 7) is 3.03. The van der Waals surface area contributed by atoms with Gasteiger partial charge in [0, 0.05) is 42.8 Å². The highest BCUT2D eigenvalue weighted by atomic mass is 79.9. The molecule has 1 amide bonds. The maximum absolute atomic E-state index is 13.7. The third-order valence-electron chi connectivity index (χ3n) is 4.17. The lowest BCUT2D eigenvalue weighted by Crippen LogP contribution is -2.48. The van der Waals surface area contributed by atoms with Gasteiger partial charge in [0.2, 0.25) is 0 Å². The molecule has 2 aromatic rings. The van der Waals surface area contributed by atoms with Crippen molar-refractivity contribution < 1.29 is 13.6 Å². The van der Waals surface area contributed by atoms with Crippen LogP contribution in [-0.2, 0) is 6.54 Å². The van der Waals surface area contributed by atoms with Crippen molar-refractivity contribution in [2.24, 2.45) is 0 Å². The molecule has 0 radical (unpaired) electrons. The number of amides is 1. The summed E-state index contributed by atoms with van der Waals surface area (Å²) in [6.07, 6.45) is 0. The molecule has 0 aliphatic carbocycles. The number of benzene rings is 2. The number of hydrogen-bond donors (Lipinski definition) is 0. The van der Waals surface area contributed by atoms with Crippen molar-refractivity contribution in [3.8, 4) is 0 Å². The van der Waals surface area contributed by atoms with Gasteiger partial charge in [0.1, 0.15) is 11.6 Å². The molecule has 0 atom stereocenters. The Balaban J connectivity index is 1.60.